The second-order valence-corrected chi connectivity index (χ2v) is 0.761. The molecule has 0 unspecified atom stereocenters. The summed E-state index contributed by atoms with van der Waals surface area (Å²) >= 11 is 0. The first-order chi connectivity index (χ1) is 3.50. The van der Waals surface area contributed by atoms with Crippen LogP contribution in [-0.2, 0) is 0 Å². The molecule has 0 atom stereocenters. The summed E-state index contributed by atoms with van der Waals surface area (Å²) in [6, 6.07) is 0. The summed E-state index contributed by atoms with van der Waals surface area (Å²) in [4.78, 5) is 6.42. The van der Waals surface area contributed by atoms with Crippen LogP contribution in [0.3, 0.4) is 0 Å². The molecule has 0 bridgehead atoms. The van der Waals surface area contributed by atoms with E-state index in [-0.39, 0.29) is 0 Å². The van der Waals surface area contributed by atoms with Gasteiger partial charge in [0.15, 0.2) is 0 Å². The second-order valence-electron chi connectivity index (χ2n) is 0.761. The van der Waals surface area contributed by atoms with Gasteiger partial charge in [0.05, 0.1) is 6.33 Å². The number of nitrogens with one attached hydrogen (secondary N) is 1. The number of aromatic amines is 1. The molecular weight excluding hydrogens is 90.1 g/mol. The predicted octanol–water partition coefficient (Wildman–Crippen LogP) is -0.0154. The van der Waals surface area contributed by atoms with E-state index < -0.39 is 0 Å². The highest BCUT2D eigenvalue weighted by Gasteiger charge is 1.56. The topological polar surface area (TPSA) is 54.7 Å². The molecule has 3 N–H and O–H groups in total. The Bertz CT molecular complexity index is 63.4. The molecule has 0 fully saturated rings. The monoisotopic (exact) mass is 99.1 g/mol. The molecule has 0 saturated heterocycles. The van der Waals surface area contributed by atoms with Crippen LogP contribution in [0.25, 0.3) is 0 Å². The Morgan fingerprint density at radius 3 is 2.43 bits per heavy atom. The van der Waals surface area contributed by atoms with Gasteiger partial charge in [-0.2, -0.15) is 0 Å². The number of nitrogens with two attached hydrogens (primary N) is 1. The minimum absolute atomic E-state index is 1.50. The number of aromatic nitrogens is 2. The van der Waals surface area contributed by atoms with Crippen molar-refractivity contribution < 1.29 is 0 Å². The molecule has 0 aliphatic heterocycles. The van der Waals surface area contributed by atoms with Gasteiger partial charge in [-0.1, -0.05) is 0 Å². The Morgan fingerprint density at radius 1 is 1.57 bits per heavy atom. The first-order valence-corrected chi connectivity index (χ1v) is 2.00. The standard InChI is InChI=1S/C3H4N2.CH5N/c1-2-5-3-4-1;1-2/h1-3H,(H,4,5);2H2,1H3. The van der Waals surface area contributed by atoms with Crippen molar-refractivity contribution in [2.75, 3.05) is 7.05 Å². The zero-order chi connectivity index (χ0) is 5.54. The van der Waals surface area contributed by atoms with Gasteiger partial charge in [-0.3, -0.25) is 0 Å². The van der Waals surface area contributed by atoms with Crippen LogP contribution in [-0.4, -0.2) is 17.0 Å². The minimum Gasteiger partial charge on any atom is -0.351 e. The molecule has 7 heavy (non-hydrogen) atoms. The molecule has 1 heterocycles. The van der Waals surface area contributed by atoms with Crippen LogP contribution in [0.1, 0.15) is 0 Å². The van der Waals surface area contributed by atoms with Gasteiger partial charge in [-0.15, -0.1) is 0 Å². The molecule has 0 aromatic carbocycles. The van der Waals surface area contributed by atoms with Crippen LogP contribution >= 0.6 is 0 Å². The molecule has 3 nitrogen and oxygen atoms in total. The van der Waals surface area contributed by atoms with Gasteiger partial charge in [0.25, 0.3) is 0 Å². The van der Waals surface area contributed by atoms with Gasteiger partial charge >= 0.3 is 0 Å². The van der Waals surface area contributed by atoms with Crippen molar-refractivity contribution in [1.82, 2.24) is 9.97 Å². The highest BCUT2D eigenvalue weighted by atomic mass is 14.8. The zero-order valence-electron chi connectivity index (χ0n) is 4.26. The molecule has 0 aliphatic rings. The number of hydrogen-bond donors (Lipinski definition) is 2. The third-order valence-corrected chi connectivity index (χ3v) is 0.406. The first kappa shape index (κ1) is 6.17. The Kier molecular flexibility index (Phi) is 4.56. The molecule has 1 aromatic heterocycles. The lowest BCUT2D eigenvalue weighted by Crippen LogP contribution is -1.69. The van der Waals surface area contributed by atoms with Crippen molar-refractivity contribution in [2.45, 2.75) is 0 Å². The molecule has 0 saturated carbocycles. The van der Waals surface area contributed by atoms with E-state index in [1.807, 2.05) is 0 Å². The highest BCUT2D eigenvalue weighted by molar-refractivity contribution is 4.64. The van der Waals surface area contributed by atoms with E-state index in [9.17, 15) is 0 Å². The Balaban J connectivity index is 0.000000162. The smallest absolute Gasteiger partial charge is 0.0919 e. The fraction of sp³-hybridized carbons (Fsp3) is 0.250. The average Bonchev–Trinajstić information content (AvgIpc) is 2.23. The molecule has 1 rings (SSSR count). The van der Waals surface area contributed by atoms with E-state index >= 15 is 0 Å². The molecule has 1 aromatic rings. The van der Waals surface area contributed by atoms with Gasteiger partial charge < -0.3 is 10.7 Å². The molecule has 3 heteroatoms. The largest absolute Gasteiger partial charge is 0.351 e. The number of rotatable bonds is 0. The quantitative estimate of drug-likeness (QED) is 0.480. The van der Waals surface area contributed by atoms with Gasteiger partial charge in [-0.25, -0.2) is 4.98 Å². The lowest BCUT2D eigenvalue weighted by Gasteiger charge is -1.46. The van der Waals surface area contributed by atoms with E-state index in [4.69, 9.17) is 0 Å². The summed E-state index contributed by atoms with van der Waals surface area (Å²) in [5, 5.41) is 0. The average molecular weight is 99.1 g/mol. The Labute approximate surface area is 42.6 Å². The summed E-state index contributed by atoms with van der Waals surface area (Å²) in [5.74, 6) is 0. The fourth-order valence-electron chi connectivity index (χ4n) is 0.215. The Morgan fingerprint density at radius 2 is 2.29 bits per heavy atom. The summed E-state index contributed by atoms with van der Waals surface area (Å²) in [6.45, 7) is 0. The van der Waals surface area contributed by atoms with Crippen molar-refractivity contribution in [1.29, 1.82) is 0 Å². The van der Waals surface area contributed by atoms with Crippen LogP contribution in [0.15, 0.2) is 18.7 Å². The van der Waals surface area contributed by atoms with Crippen molar-refractivity contribution in [3.05, 3.63) is 18.7 Å². The zero-order valence-corrected chi connectivity index (χ0v) is 4.26. The van der Waals surface area contributed by atoms with E-state index in [1.165, 1.54) is 7.05 Å². The van der Waals surface area contributed by atoms with E-state index in [2.05, 4.69) is 15.7 Å². The number of H-pyrrole nitrogens is 1. The summed E-state index contributed by atoms with van der Waals surface area (Å²) in [5.41, 5.74) is 4.50. The van der Waals surface area contributed by atoms with Crippen LogP contribution in [0.5, 0.6) is 0 Å². The molecule has 0 spiro atoms. The van der Waals surface area contributed by atoms with Gasteiger partial charge in [0, 0.05) is 12.4 Å². The third kappa shape index (κ3) is 2.99. The van der Waals surface area contributed by atoms with Crippen molar-refractivity contribution in [3.8, 4) is 0 Å². The fourth-order valence-corrected chi connectivity index (χ4v) is 0.215. The van der Waals surface area contributed by atoms with Crippen LogP contribution < -0.4 is 5.73 Å². The van der Waals surface area contributed by atoms with Crippen molar-refractivity contribution in [3.63, 3.8) is 0 Å². The van der Waals surface area contributed by atoms with Crippen molar-refractivity contribution >= 4 is 0 Å². The molecule has 0 radical (unpaired) electrons. The lowest BCUT2D eigenvalue weighted by molar-refractivity contribution is 1.31. The molecular formula is C4H9N3. The molecule has 0 amide bonds. The van der Waals surface area contributed by atoms with Crippen LogP contribution in [0.2, 0.25) is 0 Å². The van der Waals surface area contributed by atoms with Crippen molar-refractivity contribution in [2.24, 2.45) is 5.73 Å². The molecule has 40 valence electrons. The first-order valence-electron chi connectivity index (χ1n) is 2.00. The van der Waals surface area contributed by atoms with Gasteiger partial charge in [0.1, 0.15) is 0 Å². The molecule has 0 aliphatic carbocycles. The van der Waals surface area contributed by atoms with Gasteiger partial charge in [-0.05, 0) is 7.05 Å². The van der Waals surface area contributed by atoms with E-state index in [0.717, 1.165) is 0 Å². The van der Waals surface area contributed by atoms with E-state index in [0.29, 0.717) is 0 Å². The third-order valence-electron chi connectivity index (χ3n) is 0.406. The maximum atomic E-state index is 4.50. The van der Waals surface area contributed by atoms with Gasteiger partial charge in [0.2, 0.25) is 0 Å². The summed E-state index contributed by atoms with van der Waals surface area (Å²) < 4.78 is 0. The number of imidazole rings is 1. The normalized spacial score (nSPS) is 6.57. The summed E-state index contributed by atoms with van der Waals surface area (Å²) in [6.07, 6.45) is 5.08. The summed E-state index contributed by atoms with van der Waals surface area (Å²) in [7, 11) is 1.50. The predicted molar refractivity (Wildman–Crippen MR) is 28.7 cm³/mol. The SMILES string of the molecule is CN.c1c[nH]cn1. The van der Waals surface area contributed by atoms with E-state index in [1.54, 1.807) is 18.7 Å². The van der Waals surface area contributed by atoms with Crippen LogP contribution in [0, 0.1) is 0 Å². The van der Waals surface area contributed by atoms with Crippen LogP contribution in [0.4, 0.5) is 0 Å². The maximum absolute atomic E-state index is 4.50. The highest BCUT2D eigenvalue weighted by Crippen LogP contribution is 1.62. The maximum Gasteiger partial charge on any atom is 0.0919 e. The lowest BCUT2D eigenvalue weighted by atomic mass is 11.0. The number of nitrogens with zero attached hydrogens (tertiary/aromatic N) is 1. The number of hydrogen-bond acceptors (Lipinski definition) is 2. The minimum atomic E-state index is 1.50. The second kappa shape index (κ2) is 5.17. The Hall–Kier alpha value is -0.830.